The molecule has 0 spiro atoms. The maximum atomic E-state index is 11.6. The molecule has 0 aliphatic heterocycles. The highest BCUT2D eigenvalue weighted by Crippen LogP contribution is 2.20. The summed E-state index contributed by atoms with van der Waals surface area (Å²) in [5.41, 5.74) is 0.340. The highest BCUT2D eigenvalue weighted by molar-refractivity contribution is 7.17. The van der Waals surface area contributed by atoms with Crippen LogP contribution in [0.4, 0.5) is 0 Å². The third kappa shape index (κ3) is 4.63. The average Bonchev–Trinajstić information content (AvgIpc) is 2.27. The molecule has 0 saturated carbocycles. The minimum atomic E-state index is -0.525. The van der Waals surface area contributed by atoms with Gasteiger partial charge in [-0.1, -0.05) is 12.1 Å². The fourth-order valence-electron chi connectivity index (χ4n) is 1.01. The summed E-state index contributed by atoms with van der Waals surface area (Å²) < 4.78 is 20.0. The van der Waals surface area contributed by atoms with Crippen LogP contribution in [0.25, 0.3) is 0 Å². The third-order valence-corrected chi connectivity index (χ3v) is 2.26. The van der Waals surface area contributed by atoms with E-state index in [1.54, 1.807) is 45.0 Å². The van der Waals surface area contributed by atoms with Crippen LogP contribution in [0.5, 0.6) is 5.75 Å². The quantitative estimate of drug-likeness (QED) is 0.469. The molecule has 4 nitrogen and oxygen atoms in total. The van der Waals surface area contributed by atoms with Crippen molar-refractivity contribution in [3.8, 4) is 5.75 Å². The van der Waals surface area contributed by atoms with Crippen LogP contribution in [-0.2, 0) is 20.5 Å². The highest BCUT2D eigenvalue weighted by atomic mass is 31.1. The smallest absolute Gasteiger partial charge is 0.327 e. The van der Waals surface area contributed by atoms with Gasteiger partial charge in [0.2, 0.25) is 0 Å². The zero-order valence-corrected chi connectivity index (χ0v) is 11.0. The van der Waals surface area contributed by atoms with Crippen LogP contribution < -0.4 is 4.74 Å². The van der Waals surface area contributed by atoms with Gasteiger partial charge >= 0.3 is 14.7 Å². The molecule has 1 aromatic carbocycles. The first-order valence-corrected chi connectivity index (χ1v) is 5.92. The summed E-state index contributed by atoms with van der Waals surface area (Å²) in [6, 6.07) is 6.89. The molecule has 0 unspecified atom stereocenters. The fourth-order valence-corrected chi connectivity index (χ4v) is 1.22. The Morgan fingerprint density at radius 1 is 1.24 bits per heavy atom. The number of carbonyl (C=O) groups excluding carboxylic acids is 1. The summed E-state index contributed by atoms with van der Waals surface area (Å²) in [4.78, 5) is 11.6. The van der Waals surface area contributed by atoms with E-state index >= 15 is 0 Å². The van der Waals surface area contributed by atoms with Crippen molar-refractivity contribution in [1.29, 1.82) is 0 Å². The lowest BCUT2D eigenvalue weighted by Crippen LogP contribution is -2.25. The number of rotatable bonds is 4. The SMILES string of the molecule is CC(C)(C)C(=O)Oc1ccc(COP=O)cc1. The minimum Gasteiger partial charge on any atom is -0.426 e. The van der Waals surface area contributed by atoms with Gasteiger partial charge in [-0.05, 0) is 38.5 Å². The summed E-state index contributed by atoms with van der Waals surface area (Å²) in [5.74, 6) is 0.216. The van der Waals surface area contributed by atoms with Crippen LogP contribution in [0.2, 0.25) is 0 Å². The van der Waals surface area contributed by atoms with Gasteiger partial charge in [0.15, 0.2) is 0 Å². The second-order valence-corrected chi connectivity index (χ2v) is 5.04. The molecule has 0 fully saturated rings. The molecule has 0 aromatic heterocycles. The summed E-state index contributed by atoms with van der Waals surface area (Å²) >= 11 is 0. The fraction of sp³-hybridized carbons (Fsp3) is 0.417. The number of hydrogen-bond acceptors (Lipinski definition) is 4. The van der Waals surface area contributed by atoms with Crippen LogP contribution in [0.1, 0.15) is 26.3 Å². The molecule has 0 radical (unpaired) electrons. The molecule has 0 aliphatic rings. The molecule has 17 heavy (non-hydrogen) atoms. The van der Waals surface area contributed by atoms with Crippen molar-refractivity contribution in [2.75, 3.05) is 0 Å². The first kappa shape index (κ1) is 13.8. The van der Waals surface area contributed by atoms with E-state index < -0.39 is 5.41 Å². The number of esters is 1. The topological polar surface area (TPSA) is 52.6 Å². The summed E-state index contributed by atoms with van der Waals surface area (Å²) in [6.45, 7) is 5.65. The van der Waals surface area contributed by atoms with E-state index in [2.05, 4.69) is 0 Å². The van der Waals surface area contributed by atoms with Crippen LogP contribution in [-0.4, -0.2) is 5.97 Å². The van der Waals surface area contributed by atoms with E-state index in [9.17, 15) is 9.36 Å². The molecule has 0 aliphatic carbocycles. The molecule has 0 N–H and O–H groups in total. The summed E-state index contributed by atoms with van der Waals surface area (Å²) in [5, 5.41) is 0. The van der Waals surface area contributed by atoms with Crippen molar-refractivity contribution in [2.45, 2.75) is 27.4 Å². The van der Waals surface area contributed by atoms with Gasteiger partial charge in [0.1, 0.15) is 5.75 Å². The van der Waals surface area contributed by atoms with E-state index in [1.165, 1.54) is 0 Å². The van der Waals surface area contributed by atoms with Crippen molar-refractivity contribution in [3.05, 3.63) is 29.8 Å². The number of ether oxygens (including phenoxy) is 1. The number of hydrogen-bond donors (Lipinski definition) is 0. The van der Waals surface area contributed by atoms with Gasteiger partial charge in [0.05, 0.1) is 12.0 Å². The van der Waals surface area contributed by atoms with Crippen LogP contribution in [0.3, 0.4) is 0 Å². The average molecular weight is 254 g/mol. The first-order valence-electron chi connectivity index (χ1n) is 5.19. The maximum absolute atomic E-state index is 11.6. The molecule has 92 valence electrons. The Hall–Kier alpha value is -1.25. The van der Waals surface area contributed by atoms with E-state index in [1.807, 2.05) is 0 Å². The van der Waals surface area contributed by atoms with Gasteiger partial charge in [-0.25, -0.2) is 4.57 Å². The van der Waals surface area contributed by atoms with Crippen molar-refractivity contribution in [2.24, 2.45) is 5.41 Å². The van der Waals surface area contributed by atoms with Gasteiger partial charge in [-0.3, -0.25) is 9.32 Å². The lowest BCUT2D eigenvalue weighted by Gasteiger charge is -2.16. The van der Waals surface area contributed by atoms with E-state index in [-0.39, 0.29) is 21.3 Å². The predicted molar refractivity (Wildman–Crippen MR) is 63.9 cm³/mol. The highest BCUT2D eigenvalue weighted by Gasteiger charge is 2.23. The van der Waals surface area contributed by atoms with Crippen molar-refractivity contribution >= 4 is 14.7 Å². The van der Waals surface area contributed by atoms with Gasteiger partial charge < -0.3 is 4.74 Å². The lowest BCUT2D eigenvalue weighted by atomic mass is 9.97. The molecule has 0 amide bonds. The number of benzene rings is 1. The van der Waals surface area contributed by atoms with E-state index in [0.717, 1.165) is 5.56 Å². The van der Waals surface area contributed by atoms with Crippen molar-refractivity contribution in [1.82, 2.24) is 0 Å². The lowest BCUT2D eigenvalue weighted by molar-refractivity contribution is -0.142. The van der Waals surface area contributed by atoms with Crippen LogP contribution in [0, 0.1) is 5.41 Å². The van der Waals surface area contributed by atoms with E-state index in [4.69, 9.17) is 9.26 Å². The molecule has 1 rings (SSSR count). The molecule has 1 aromatic rings. The standard InChI is InChI=1S/C12H15O4P/c1-12(2,3)11(13)16-10-6-4-9(5-7-10)8-15-17-14/h4-7H,8H2,1-3H3. The zero-order chi connectivity index (χ0) is 12.9. The summed E-state index contributed by atoms with van der Waals surface area (Å²) in [7, 11) is -0.343. The maximum Gasteiger partial charge on any atom is 0.327 e. The Morgan fingerprint density at radius 2 is 1.82 bits per heavy atom. The molecule has 0 saturated heterocycles. The number of carbonyl (C=O) groups is 1. The van der Waals surface area contributed by atoms with Crippen LogP contribution in [0.15, 0.2) is 24.3 Å². The van der Waals surface area contributed by atoms with Crippen molar-refractivity contribution < 1.29 is 18.6 Å². The second-order valence-electron chi connectivity index (χ2n) is 4.63. The molecule has 0 bridgehead atoms. The first-order chi connectivity index (χ1) is 7.93. The molecule has 0 atom stereocenters. The Bertz CT molecular complexity index is 392. The van der Waals surface area contributed by atoms with Crippen LogP contribution >= 0.6 is 8.69 Å². The third-order valence-electron chi connectivity index (χ3n) is 2.03. The zero-order valence-electron chi connectivity index (χ0n) is 10.1. The summed E-state index contributed by atoms with van der Waals surface area (Å²) in [6.07, 6.45) is 0. The van der Waals surface area contributed by atoms with Gasteiger partial charge in [-0.15, -0.1) is 0 Å². The van der Waals surface area contributed by atoms with Gasteiger partial charge in [0.25, 0.3) is 0 Å². The second kappa shape index (κ2) is 5.89. The minimum absolute atomic E-state index is 0.262. The predicted octanol–water partition coefficient (Wildman–Crippen LogP) is 3.36. The van der Waals surface area contributed by atoms with Gasteiger partial charge in [0, 0.05) is 0 Å². The molecular weight excluding hydrogens is 239 g/mol. The molecular formula is C12H15O4P. The Morgan fingerprint density at radius 3 is 2.29 bits per heavy atom. The Balaban J connectivity index is 2.62. The van der Waals surface area contributed by atoms with Crippen molar-refractivity contribution in [3.63, 3.8) is 0 Å². The largest absolute Gasteiger partial charge is 0.426 e. The van der Waals surface area contributed by atoms with Gasteiger partial charge in [-0.2, -0.15) is 0 Å². The monoisotopic (exact) mass is 254 g/mol. The van der Waals surface area contributed by atoms with E-state index in [0.29, 0.717) is 5.75 Å². The molecule has 0 heterocycles. The normalized spacial score (nSPS) is 11.5. The Labute approximate surface area is 102 Å². The Kier molecular flexibility index (Phi) is 4.79. The molecule has 5 heteroatoms.